The van der Waals surface area contributed by atoms with Gasteiger partial charge in [-0.05, 0) is 25.1 Å². The van der Waals surface area contributed by atoms with Crippen LogP contribution >= 0.6 is 0 Å². The third-order valence-corrected chi connectivity index (χ3v) is 2.76. The van der Waals surface area contributed by atoms with Crippen LogP contribution in [0.5, 0.6) is 5.75 Å². The van der Waals surface area contributed by atoms with Crippen molar-refractivity contribution in [3.63, 3.8) is 0 Å². The summed E-state index contributed by atoms with van der Waals surface area (Å²) in [5, 5.41) is 23.4. The first kappa shape index (κ1) is 14.4. The molecule has 8 nitrogen and oxygen atoms in total. The van der Waals surface area contributed by atoms with Crippen LogP contribution in [0.4, 0.5) is 10.5 Å². The summed E-state index contributed by atoms with van der Waals surface area (Å²) in [5.74, 6) is -1.04. The average Bonchev–Trinajstić information content (AvgIpc) is 2.94. The van der Waals surface area contributed by atoms with E-state index in [1.165, 1.54) is 18.2 Å². The van der Waals surface area contributed by atoms with Gasteiger partial charge < -0.3 is 25.8 Å². The highest BCUT2D eigenvalue weighted by Crippen LogP contribution is 2.21. The first-order valence-corrected chi connectivity index (χ1v) is 6.10. The summed E-state index contributed by atoms with van der Waals surface area (Å²) < 4.78 is 0. The molecule has 1 aromatic carbocycles. The Kier molecular flexibility index (Phi) is 4.07. The summed E-state index contributed by atoms with van der Waals surface area (Å²) in [6.07, 6.45) is 3.22. The van der Waals surface area contributed by atoms with Gasteiger partial charge in [0.25, 0.3) is 0 Å². The van der Waals surface area contributed by atoms with Gasteiger partial charge in [0.15, 0.2) is 0 Å². The van der Waals surface area contributed by atoms with Gasteiger partial charge in [0, 0.05) is 18.1 Å². The molecular weight excluding hydrogens is 276 g/mol. The molecule has 2 rings (SSSR count). The molecule has 0 bridgehead atoms. The molecule has 110 valence electrons. The van der Waals surface area contributed by atoms with Gasteiger partial charge >= 0.3 is 12.0 Å². The number of carboxylic acids is 1. The summed E-state index contributed by atoms with van der Waals surface area (Å²) >= 11 is 0. The van der Waals surface area contributed by atoms with Crippen LogP contribution in [-0.2, 0) is 0 Å². The molecule has 0 saturated heterocycles. The Labute approximate surface area is 119 Å². The van der Waals surface area contributed by atoms with Crippen molar-refractivity contribution in [3.8, 4) is 5.75 Å². The minimum Gasteiger partial charge on any atom is -0.507 e. The van der Waals surface area contributed by atoms with Crippen LogP contribution in [0.15, 0.2) is 30.6 Å². The van der Waals surface area contributed by atoms with Crippen LogP contribution in [0.25, 0.3) is 0 Å². The normalized spacial score (nSPS) is 11.7. The van der Waals surface area contributed by atoms with Crippen molar-refractivity contribution in [2.75, 3.05) is 5.32 Å². The van der Waals surface area contributed by atoms with Gasteiger partial charge in [0.05, 0.1) is 6.04 Å². The highest BCUT2D eigenvalue weighted by molar-refractivity contribution is 5.95. The van der Waals surface area contributed by atoms with E-state index in [1.54, 1.807) is 19.3 Å². The van der Waals surface area contributed by atoms with Crippen LogP contribution in [0, 0.1) is 0 Å². The zero-order chi connectivity index (χ0) is 15.4. The van der Waals surface area contributed by atoms with Crippen LogP contribution in [-0.4, -0.2) is 32.2 Å². The molecule has 1 aromatic heterocycles. The summed E-state index contributed by atoms with van der Waals surface area (Å²) in [4.78, 5) is 29.6. The lowest BCUT2D eigenvalue weighted by Gasteiger charge is -2.13. The molecule has 5 N–H and O–H groups in total. The van der Waals surface area contributed by atoms with Crippen LogP contribution in [0.2, 0.25) is 0 Å². The molecule has 0 aliphatic rings. The summed E-state index contributed by atoms with van der Waals surface area (Å²) in [5.41, 5.74) is -0.0266. The predicted octanol–water partition coefficient (Wildman–Crippen LogP) is 1.70. The molecule has 1 unspecified atom stereocenters. The van der Waals surface area contributed by atoms with E-state index in [4.69, 9.17) is 5.11 Å². The maximum absolute atomic E-state index is 11.8. The van der Waals surface area contributed by atoms with Crippen molar-refractivity contribution in [1.29, 1.82) is 0 Å². The Bertz CT molecular complexity index is 654. The summed E-state index contributed by atoms with van der Waals surface area (Å²) in [6.45, 7) is 1.75. The number of hydrogen-bond acceptors (Lipinski definition) is 4. The average molecular weight is 290 g/mol. The lowest BCUT2D eigenvalue weighted by Crippen LogP contribution is -2.31. The second-order valence-corrected chi connectivity index (χ2v) is 4.33. The molecular formula is C13H14N4O4. The number of urea groups is 1. The fourth-order valence-corrected chi connectivity index (χ4v) is 1.73. The van der Waals surface area contributed by atoms with Crippen molar-refractivity contribution in [3.05, 3.63) is 42.0 Å². The van der Waals surface area contributed by atoms with Crippen LogP contribution in [0.3, 0.4) is 0 Å². The zero-order valence-electron chi connectivity index (χ0n) is 11.1. The molecule has 0 fully saturated rings. The molecule has 21 heavy (non-hydrogen) atoms. The van der Waals surface area contributed by atoms with Gasteiger partial charge in [-0.2, -0.15) is 0 Å². The third kappa shape index (κ3) is 3.50. The molecule has 0 spiro atoms. The van der Waals surface area contributed by atoms with Gasteiger partial charge in [-0.1, -0.05) is 0 Å². The standard InChI is InChI=1S/C13H14N4O4/c1-7(11-14-4-5-15-11)16-13(21)17-8-2-3-10(18)9(6-8)12(19)20/h2-7,18H,1H3,(H,14,15)(H,19,20)(H2,16,17,21). The SMILES string of the molecule is CC(NC(=O)Nc1ccc(O)c(C(=O)O)c1)c1ncc[nH]1. The minimum atomic E-state index is -1.28. The van der Waals surface area contributed by atoms with Crippen molar-refractivity contribution in [1.82, 2.24) is 15.3 Å². The number of imidazole rings is 1. The van der Waals surface area contributed by atoms with Gasteiger partial charge in [0.1, 0.15) is 17.1 Å². The number of carbonyl (C=O) groups is 2. The number of aromatic nitrogens is 2. The van der Waals surface area contributed by atoms with E-state index in [9.17, 15) is 14.7 Å². The number of aromatic hydroxyl groups is 1. The van der Waals surface area contributed by atoms with E-state index in [0.29, 0.717) is 5.82 Å². The summed E-state index contributed by atoms with van der Waals surface area (Å²) in [6, 6.07) is 2.93. The van der Waals surface area contributed by atoms with E-state index in [1.807, 2.05) is 0 Å². The van der Waals surface area contributed by atoms with Crippen LogP contribution in [0.1, 0.15) is 29.1 Å². The molecule has 0 aliphatic carbocycles. The van der Waals surface area contributed by atoms with Gasteiger partial charge in [-0.25, -0.2) is 14.6 Å². The number of H-pyrrole nitrogens is 1. The summed E-state index contributed by atoms with van der Waals surface area (Å²) in [7, 11) is 0. The van der Waals surface area contributed by atoms with E-state index < -0.39 is 12.0 Å². The number of nitrogens with one attached hydrogen (secondary N) is 3. The van der Waals surface area contributed by atoms with E-state index in [-0.39, 0.29) is 23.0 Å². The van der Waals surface area contributed by atoms with Crippen molar-refractivity contribution in [2.45, 2.75) is 13.0 Å². The lowest BCUT2D eigenvalue weighted by molar-refractivity contribution is 0.0693. The van der Waals surface area contributed by atoms with Crippen molar-refractivity contribution >= 4 is 17.7 Å². The minimum absolute atomic E-state index is 0.259. The Hall–Kier alpha value is -3.03. The zero-order valence-corrected chi connectivity index (χ0v) is 11.1. The Morgan fingerprint density at radius 2 is 2.14 bits per heavy atom. The predicted molar refractivity (Wildman–Crippen MR) is 74.2 cm³/mol. The van der Waals surface area contributed by atoms with E-state index in [2.05, 4.69) is 20.6 Å². The second kappa shape index (κ2) is 5.95. The van der Waals surface area contributed by atoms with Crippen molar-refractivity contribution < 1.29 is 19.8 Å². The van der Waals surface area contributed by atoms with E-state index >= 15 is 0 Å². The smallest absolute Gasteiger partial charge is 0.339 e. The molecule has 8 heteroatoms. The fourth-order valence-electron chi connectivity index (χ4n) is 1.73. The highest BCUT2D eigenvalue weighted by Gasteiger charge is 2.14. The third-order valence-electron chi connectivity index (χ3n) is 2.76. The number of aromatic carboxylic acids is 1. The number of benzene rings is 1. The van der Waals surface area contributed by atoms with Gasteiger partial charge in [-0.15, -0.1) is 0 Å². The molecule has 0 saturated carbocycles. The Morgan fingerprint density at radius 1 is 1.38 bits per heavy atom. The number of phenols is 1. The molecule has 0 radical (unpaired) electrons. The number of aromatic amines is 1. The quantitative estimate of drug-likeness (QED) is 0.547. The topological polar surface area (TPSA) is 127 Å². The Balaban J connectivity index is 2.03. The molecule has 1 atom stereocenters. The van der Waals surface area contributed by atoms with Gasteiger partial charge in [-0.3, -0.25) is 0 Å². The monoisotopic (exact) mass is 290 g/mol. The molecule has 0 aliphatic heterocycles. The molecule has 1 heterocycles. The number of carbonyl (C=O) groups excluding carboxylic acids is 1. The largest absolute Gasteiger partial charge is 0.507 e. The lowest BCUT2D eigenvalue weighted by atomic mass is 10.2. The number of carboxylic acid groups (broad SMARTS) is 1. The number of rotatable bonds is 4. The molecule has 2 aromatic rings. The first-order chi connectivity index (χ1) is 9.97. The fraction of sp³-hybridized carbons (Fsp3) is 0.154. The van der Waals surface area contributed by atoms with Gasteiger partial charge in [0.2, 0.25) is 0 Å². The Morgan fingerprint density at radius 3 is 2.76 bits per heavy atom. The maximum atomic E-state index is 11.8. The number of hydrogen-bond donors (Lipinski definition) is 5. The number of nitrogens with zero attached hydrogens (tertiary/aromatic N) is 1. The van der Waals surface area contributed by atoms with Crippen molar-refractivity contribution in [2.24, 2.45) is 0 Å². The molecule has 2 amide bonds. The number of anilines is 1. The van der Waals surface area contributed by atoms with E-state index in [0.717, 1.165) is 0 Å². The number of amides is 2. The second-order valence-electron chi connectivity index (χ2n) is 4.33. The maximum Gasteiger partial charge on any atom is 0.339 e. The van der Waals surface area contributed by atoms with Crippen LogP contribution < -0.4 is 10.6 Å². The highest BCUT2D eigenvalue weighted by atomic mass is 16.4. The first-order valence-electron chi connectivity index (χ1n) is 6.10.